The van der Waals surface area contributed by atoms with Gasteiger partial charge in [-0.1, -0.05) is 13.0 Å². The van der Waals surface area contributed by atoms with Crippen LogP contribution in [0.15, 0.2) is 35.9 Å². The molecule has 2 N–H and O–H groups in total. The number of aromatic hydroxyl groups is 2. The SMILES string of the molecule is COc1ccc(C=C2C(=O)c3c(O)ccc(F)c3C2C)cc1O. The molecule has 1 aliphatic carbocycles. The summed E-state index contributed by atoms with van der Waals surface area (Å²) >= 11 is 0. The Labute approximate surface area is 132 Å². The lowest BCUT2D eigenvalue weighted by Gasteiger charge is -2.08. The number of rotatable bonds is 2. The number of halogens is 1. The Morgan fingerprint density at radius 3 is 2.52 bits per heavy atom. The van der Waals surface area contributed by atoms with Crippen LogP contribution in [0, 0.1) is 5.82 Å². The molecule has 0 saturated heterocycles. The van der Waals surface area contributed by atoms with Gasteiger partial charge in [0, 0.05) is 17.1 Å². The molecule has 1 aliphatic rings. The third kappa shape index (κ3) is 2.34. The molecule has 0 saturated carbocycles. The molecule has 5 heteroatoms. The molecule has 0 radical (unpaired) electrons. The lowest BCUT2D eigenvalue weighted by molar-refractivity contribution is 0.103. The first-order valence-electron chi connectivity index (χ1n) is 7.08. The Morgan fingerprint density at radius 2 is 1.91 bits per heavy atom. The number of phenolic OH excluding ortho intramolecular Hbond substituents is 2. The van der Waals surface area contributed by atoms with Crippen molar-refractivity contribution >= 4 is 11.9 Å². The second-order valence-electron chi connectivity index (χ2n) is 5.44. The Hall–Kier alpha value is -2.82. The van der Waals surface area contributed by atoms with Gasteiger partial charge in [0.25, 0.3) is 0 Å². The third-order valence-electron chi connectivity index (χ3n) is 4.08. The molecule has 118 valence electrons. The van der Waals surface area contributed by atoms with Crippen molar-refractivity contribution in [3.05, 3.63) is 58.4 Å². The molecule has 1 atom stereocenters. The van der Waals surface area contributed by atoms with Crippen molar-refractivity contribution in [2.45, 2.75) is 12.8 Å². The maximum absolute atomic E-state index is 14.0. The Bertz CT molecular complexity index is 839. The van der Waals surface area contributed by atoms with E-state index < -0.39 is 17.5 Å². The van der Waals surface area contributed by atoms with E-state index in [0.29, 0.717) is 16.9 Å². The highest BCUT2D eigenvalue weighted by Crippen LogP contribution is 2.43. The summed E-state index contributed by atoms with van der Waals surface area (Å²) in [4.78, 5) is 12.5. The fourth-order valence-electron chi connectivity index (χ4n) is 2.91. The predicted molar refractivity (Wildman–Crippen MR) is 83.4 cm³/mol. The zero-order valence-corrected chi connectivity index (χ0v) is 12.6. The normalized spacial score (nSPS) is 18.3. The number of methoxy groups -OCH3 is 1. The standard InChI is InChI=1S/C18H15FO4/c1-9-11(7-10-3-6-15(23-2)14(21)8-10)18(22)17-13(20)5-4-12(19)16(9)17/h3-9,20-21H,1-2H3. The average molecular weight is 314 g/mol. The summed E-state index contributed by atoms with van der Waals surface area (Å²) in [6.07, 6.45) is 1.59. The molecule has 2 aromatic rings. The first kappa shape index (κ1) is 15.1. The molecule has 2 aromatic carbocycles. The first-order chi connectivity index (χ1) is 10.9. The molecule has 0 amide bonds. The van der Waals surface area contributed by atoms with Crippen LogP contribution in [0.1, 0.15) is 34.3 Å². The fourth-order valence-corrected chi connectivity index (χ4v) is 2.91. The van der Waals surface area contributed by atoms with Crippen LogP contribution in [0.25, 0.3) is 6.08 Å². The van der Waals surface area contributed by atoms with Crippen molar-refractivity contribution in [3.63, 3.8) is 0 Å². The highest BCUT2D eigenvalue weighted by atomic mass is 19.1. The number of ketones is 1. The summed E-state index contributed by atoms with van der Waals surface area (Å²) in [6.45, 7) is 1.71. The molecule has 0 aromatic heterocycles. The molecule has 23 heavy (non-hydrogen) atoms. The van der Waals surface area contributed by atoms with Gasteiger partial charge >= 0.3 is 0 Å². The number of hydrogen-bond donors (Lipinski definition) is 2. The maximum atomic E-state index is 14.0. The molecule has 0 aliphatic heterocycles. The van der Waals surface area contributed by atoms with Crippen LogP contribution in [-0.2, 0) is 0 Å². The third-order valence-corrected chi connectivity index (χ3v) is 4.08. The van der Waals surface area contributed by atoms with Crippen molar-refractivity contribution in [3.8, 4) is 17.2 Å². The number of allylic oxidation sites excluding steroid dienone is 1. The van der Waals surface area contributed by atoms with Gasteiger partial charge < -0.3 is 14.9 Å². The minimum Gasteiger partial charge on any atom is -0.507 e. The molecule has 0 bridgehead atoms. The van der Waals surface area contributed by atoms with Crippen LogP contribution < -0.4 is 4.74 Å². The van der Waals surface area contributed by atoms with Gasteiger partial charge in [-0.2, -0.15) is 0 Å². The van der Waals surface area contributed by atoms with Crippen molar-refractivity contribution in [2.75, 3.05) is 7.11 Å². The maximum Gasteiger partial charge on any atom is 0.193 e. The van der Waals surface area contributed by atoms with Crippen LogP contribution >= 0.6 is 0 Å². The molecule has 3 rings (SSSR count). The number of carbonyl (C=O) groups excluding carboxylic acids is 1. The van der Waals surface area contributed by atoms with Crippen molar-refractivity contribution in [2.24, 2.45) is 0 Å². The molecule has 0 heterocycles. The number of ether oxygens (including phenoxy) is 1. The van der Waals surface area contributed by atoms with Gasteiger partial charge in [0.05, 0.1) is 12.7 Å². The summed E-state index contributed by atoms with van der Waals surface area (Å²) < 4.78 is 19.0. The predicted octanol–water partition coefficient (Wildman–Crippen LogP) is 3.63. The highest BCUT2D eigenvalue weighted by Gasteiger charge is 2.36. The van der Waals surface area contributed by atoms with E-state index in [-0.39, 0.29) is 22.6 Å². The van der Waals surface area contributed by atoms with E-state index in [1.54, 1.807) is 25.1 Å². The van der Waals surface area contributed by atoms with Gasteiger partial charge in [-0.25, -0.2) is 4.39 Å². The Balaban J connectivity index is 2.09. The fraction of sp³-hybridized carbons (Fsp3) is 0.167. The number of Topliss-reactive ketones (excluding diaryl/α,β-unsaturated/α-hetero) is 1. The van der Waals surface area contributed by atoms with Gasteiger partial charge in [0.2, 0.25) is 0 Å². The van der Waals surface area contributed by atoms with Gasteiger partial charge in [-0.15, -0.1) is 0 Å². The van der Waals surface area contributed by atoms with Crippen LogP contribution in [0.5, 0.6) is 17.2 Å². The van der Waals surface area contributed by atoms with E-state index in [2.05, 4.69) is 0 Å². The number of fused-ring (bicyclic) bond motifs is 1. The van der Waals surface area contributed by atoms with Gasteiger partial charge in [0.1, 0.15) is 11.6 Å². The van der Waals surface area contributed by atoms with E-state index >= 15 is 0 Å². The summed E-state index contributed by atoms with van der Waals surface area (Å²) in [5, 5.41) is 19.7. The first-order valence-corrected chi connectivity index (χ1v) is 7.08. The quantitative estimate of drug-likeness (QED) is 0.831. The molecule has 4 nitrogen and oxygen atoms in total. The van der Waals surface area contributed by atoms with Crippen LogP contribution in [0.2, 0.25) is 0 Å². The van der Waals surface area contributed by atoms with E-state index in [0.717, 1.165) is 6.07 Å². The summed E-state index contributed by atoms with van der Waals surface area (Å²) in [5.74, 6) is -1.34. The Kier molecular flexibility index (Phi) is 3.56. The molecule has 0 fully saturated rings. The van der Waals surface area contributed by atoms with Gasteiger partial charge in [0.15, 0.2) is 17.3 Å². The minimum absolute atomic E-state index is 0.0153. The number of hydrogen-bond acceptors (Lipinski definition) is 4. The van der Waals surface area contributed by atoms with E-state index in [4.69, 9.17) is 4.74 Å². The zero-order valence-electron chi connectivity index (χ0n) is 12.6. The molecule has 1 unspecified atom stereocenters. The van der Waals surface area contributed by atoms with Crippen molar-refractivity contribution < 1.29 is 24.1 Å². The van der Waals surface area contributed by atoms with E-state index in [1.807, 2.05) is 0 Å². The van der Waals surface area contributed by atoms with Crippen molar-refractivity contribution in [1.29, 1.82) is 0 Å². The molecular formula is C18H15FO4. The summed E-state index contributed by atoms with van der Waals surface area (Å²) in [6, 6.07) is 7.06. The smallest absolute Gasteiger partial charge is 0.193 e. The average Bonchev–Trinajstić information content (AvgIpc) is 2.77. The number of carbonyl (C=O) groups is 1. The molecular weight excluding hydrogens is 299 g/mol. The minimum atomic E-state index is -0.514. The molecule has 0 spiro atoms. The second kappa shape index (κ2) is 5.43. The topological polar surface area (TPSA) is 66.8 Å². The zero-order chi connectivity index (χ0) is 16.7. The van der Waals surface area contributed by atoms with Crippen molar-refractivity contribution in [1.82, 2.24) is 0 Å². The summed E-state index contributed by atoms with van der Waals surface area (Å²) in [5.41, 5.74) is 1.18. The van der Waals surface area contributed by atoms with E-state index in [1.165, 1.54) is 19.2 Å². The lowest BCUT2D eigenvalue weighted by Crippen LogP contribution is -1.97. The van der Waals surface area contributed by atoms with E-state index in [9.17, 15) is 19.4 Å². The lowest BCUT2D eigenvalue weighted by atomic mass is 9.97. The Morgan fingerprint density at radius 1 is 1.17 bits per heavy atom. The van der Waals surface area contributed by atoms with Gasteiger partial charge in [-0.3, -0.25) is 4.79 Å². The number of phenols is 2. The highest BCUT2D eigenvalue weighted by molar-refractivity contribution is 6.18. The second-order valence-corrected chi connectivity index (χ2v) is 5.44. The van der Waals surface area contributed by atoms with Crippen LogP contribution in [-0.4, -0.2) is 23.1 Å². The van der Waals surface area contributed by atoms with Gasteiger partial charge in [-0.05, 0) is 35.9 Å². The monoisotopic (exact) mass is 314 g/mol. The number of benzene rings is 2. The summed E-state index contributed by atoms with van der Waals surface area (Å²) in [7, 11) is 1.44. The van der Waals surface area contributed by atoms with Crippen LogP contribution in [0.3, 0.4) is 0 Å². The largest absolute Gasteiger partial charge is 0.507 e. The van der Waals surface area contributed by atoms with Crippen LogP contribution in [0.4, 0.5) is 4.39 Å².